The summed E-state index contributed by atoms with van der Waals surface area (Å²) in [7, 11) is 4.34. The van der Waals surface area contributed by atoms with Gasteiger partial charge in [-0.05, 0) is 6.42 Å². The summed E-state index contributed by atoms with van der Waals surface area (Å²) in [6.45, 7) is 1.57. The average Bonchev–Trinajstić information content (AvgIpc) is 2.55. The molecule has 0 N–H and O–H groups in total. The lowest BCUT2D eigenvalue weighted by atomic mass is 9.97. The lowest BCUT2D eigenvalue weighted by Crippen LogP contribution is -2.21. The standard InChI is InChI=1S/C14H18O8/c1-6-8(12(16)20-3)11(14(18)22-5)9(13(17)21-4)7-10(15)19-2/h7H,6H2,1-5H3/b9-7-,11-8-. The van der Waals surface area contributed by atoms with Gasteiger partial charge in [-0.15, -0.1) is 0 Å². The van der Waals surface area contributed by atoms with Gasteiger partial charge in [0.05, 0.1) is 45.2 Å². The van der Waals surface area contributed by atoms with Crippen LogP contribution in [0, 0.1) is 0 Å². The van der Waals surface area contributed by atoms with Crippen LogP contribution in [0.2, 0.25) is 0 Å². The van der Waals surface area contributed by atoms with Crippen molar-refractivity contribution in [3.8, 4) is 0 Å². The van der Waals surface area contributed by atoms with Gasteiger partial charge in [-0.1, -0.05) is 6.92 Å². The predicted octanol–water partition coefficient (Wildman–Crippen LogP) is 0.311. The fourth-order valence-electron chi connectivity index (χ4n) is 1.56. The molecule has 0 aliphatic heterocycles. The zero-order valence-corrected chi connectivity index (χ0v) is 13.1. The van der Waals surface area contributed by atoms with Gasteiger partial charge in [0.1, 0.15) is 0 Å². The Morgan fingerprint density at radius 1 is 0.773 bits per heavy atom. The monoisotopic (exact) mass is 314 g/mol. The van der Waals surface area contributed by atoms with Crippen molar-refractivity contribution < 1.29 is 38.1 Å². The van der Waals surface area contributed by atoms with Crippen molar-refractivity contribution in [1.82, 2.24) is 0 Å². The summed E-state index contributed by atoms with van der Waals surface area (Å²) in [4.78, 5) is 47.0. The summed E-state index contributed by atoms with van der Waals surface area (Å²) in [6, 6.07) is 0. The molecule has 0 saturated carbocycles. The Balaban J connectivity index is 6.45. The molecule has 0 aromatic heterocycles. The minimum Gasteiger partial charge on any atom is -0.466 e. The first-order valence-corrected chi connectivity index (χ1v) is 6.15. The van der Waals surface area contributed by atoms with Gasteiger partial charge < -0.3 is 18.9 Å². The zero-order chi connectivity index (χ0) is 17.3. The third kappa shape index (κ3) is 4.72. The molecule has 0 atom stereocenters. The SMILES string of the molecule is CC/C(C(=O)OC)=C(C(=O)OC)\C(=C\C(=O)OC)C(=O)OC. The van der Waals surface area contributed by atoms with Gasteiger partial charge in [-0.3, -0.25) is 0 Å². The van der Waals surface area contributed by atoms with Crippen LogP contribution >= 0.6 is 0 Å². The number of hydrogen-bond donors (Lipinski definition) is 0. The topological polar surface area (TPSA) is 105 Å². The molecule has 0 aromatic rings. The largest absolute Gasteiger partial charge is 0.466 e. The number of carbonyl (C=O) groups excluding carboxylic acids is 4. The second-order valence-electron chi connectivity index (χ2n) is 3.76. The van der Waals surface area contributed by atoms with Crippen LogP contribution in [0.15, 0.2) is 22.8 Å². The molecule has 0 radical (unpaired) electrons. The minimum absolute atomic E-state index is 0.0621. The van der Waals surface area contributed by atoms with E-state index in [1.165, 1.54) is 0 Å². The van der Waals surface area contributed by atoms with E-state index in [2.05, 4.69) is 18.9 Å². The highest BCUT2D eigenvalue weighted by atomic mass is 16.5. The first-order valence-electron chi connectivity index (χ1n) is 6.15. The van der Waals surface area contributed by atoms with E-state index in [4.69, 9.17) is 0 Å². The van der Waals surface area contributed by atoms with E-state index in [0.29, 0.717) is 0 Å². The Kier molecular flexibility index (Phi) is 8.21. The van der Waals surface area contributed by atoms with Crippen molar-refractivity contribution in [3.05, 3.63) is 22.8 Å². The van der Waals surface area contributed by atoms with Crippen molar-refractivity contribution in [2.24, 2.45) is 0 Å². The number of ether oxygens (including phenoxy) is 4. The van der Waals surface area contributed by atoms with Gasteiger partial charge in [-0.2, -0.15) is 0 Å². The molecule has 8 nitrogen and oxygen atoms in total. The number of carbonyl (C=O) groups is 4. The van der Waals surface area contributed by atoms with Crippen LogP contribution in [0.25, 0.3) is 0 Å². The van der Waals surface area contributed by atoms with Gasteiger partial charge >= 0.3 is 23.9 Å². The summed E-state index contributed by atoms with van der Waals surface area (Å²) < 4.78 is 18.1. The average molecular weight is 314 g/mol. The van der Waals surface area contributed by atoms with E-state index < -0.39 is 35.0 Å². The molecule has 0 aromatic carbocycles. The van der Waals surface area contributed by atoms with Crippen molar-refractivity contribution in [2.45, 2.75) is 13.3 Å². The maximum Gasteiger partial charge on any atom is 0.339 e. The van der Waals surface area contributed by atoms with Crippen LogP contribution in [0.4, 0.5) is 0 Å². The normalized spacial score (nSPS) is 12.0. The van der Waals surface area contributed by atoms with Gasteiger partial charge in [0.2, 0.25) is 0 Å². The third-order valence-corrected chi connectivity index (χ3v) is 2.61. The lowest BCUT2D eigenvalue weighted by Gasteiger charge is -2.13. The Morgan fingerprint density at radius 2 is 1.27 bits per heavy atom. The second kappa shape index (κ2) is 9.32. The van der Waals surface area contributed by atoms with Gasteiger partial charge in [0, 0.05) is 6.08 Å². The van der Waals surface area contributed by atoms with Gasteiger partial charge in [0.25, 0.3) is 0 Å². The van der Waals surface area contributed by atoms with Crippen LogP contribution in [0.3, 0.4) is 0 Å². The molecule has 8 heteroatoms. The summed E-state index contributed by atoms with van der Waals surface area (Å²) in [6.07, 6.45) is 0.809. The molecule has 0 saturated heterocycles. The van der Waals surface area contributed by atoms with E-state index in [0.717, 1.165) is 34.5 Å². The van der Waals surface area contributed by atoms with Crippen molar-refractivity contribution in [3.63, 3.8) is 0 Å². The van der Waals surface area contributed by atoms with Crippen LogP contribution in [-0.2, 0) is 38.1 Å². The van der Waals surface area contributed by atoms with E-state index in [9.17, 15) is 19.2 Å². The Bertz CT molecular complexity index is 527. The van der Waals surface area contributed by atoms with Gasteiger partial charge in [0.15, 0.2) is 0 Å². The first-order chi connectivity index (χ1) is 10.4. The van der Waals surface area contributed by atoms with E-state index in [1.54, 1.807) is 6.92 Å². The second-order valence-corrected chi connectivity index (χ2v) is 3.76. The maximum atomic E-state index is 12.0. The fourth-order valence-corrected chi connectivity index (χ4v) is 1.56. The minimum atomic E-state index is -0.999. The van der Waals surface area contributed by atoms with Crippen molar-refractivity contribution in [2.75, 3.05) is 28.4 Å². The zero-order valence-electron chi connectivity index (χ0n) is 13.1. The summed E-state index contributed by atoms with van der Waals surface area (Å²) in [5, 5.41) is 0. The van der Waals surface area contributed by atoms with E-state index >= 15 is 0 Å². The smallest absolute Gasteiger partial charge is 0.339 e. The molecule has 0 spiro atoms. The molecule has 0 aliphatic carbocycles. The Morgan fingerprint density at radius 3 is 1.64 bits per heavy atom. The molecule has 0 rings (SSSR count). The molecule has 0 amide bonds. The Hall–Kier alpha value is -2.64. The number of hydrogen-bond acceptors (Lipinski definition) is 8. The predicted molar refractivity (Wildman–Crippen MR) is 73.5 cm³/mol. The summed E-state index contributed by atoms with van der Waals surface area (Å²) >= 11 is 0. The quantitative estimate of drug-likeness (QED) is 0.298. The number of esters is 4. The Labute approximate surface area is 127 Å². The highest BCUT2D eigenvalue weighted by Gasteiger charge is 2.29. The van der Waals surface area contributed by atoms with Gasteiger partial charge in [-0.25, -0.2) is 19.2 Å². The fraction of sp³-hybridized carbons (Fsp3) is 0.429. The summed E-state index contributed by atoms with van der Waals surface area (Å²) in [5.74, 6) is -3.71. The molecule has 122 valence electrons. The molecular formula is C14H18O8. The number of methoxy groups -OCH3 is 4. The first kappa shape index (κ1) is 19.4. The van der Waals surface area contributed by atoms with Crippen LogP contribution in [-0.4, -0.2) is 52.3 Å². The van der Waals surface area contributed by atoms with E-state index in [-0.39, 0.29) is 12.0 Å². The van der Waals surface area contributed by atoms with Crippen molar-refractivity contribution in [1.29, 1.82) is 0 Å². The molecular weight excluding hydrogens is 296 g/mol. The highest BCUT2D eigenvalue weighted by Crippen LogP contribution is 2.22. The van der Waals surface area contributed by atoms with Crippen LogP contribution < -0.4 is 0 Å². The molecule has 22 heavy (non-hydrogen) atoms. The molecule has 0 fully saturated rings. The molecule has 0 heterocycles. The third-order valence-electron chi connectivity index (χ3n) is 2.61. The van der Waals surface area contributed by atoms with Crippen molar-refractivity contribution >= 4 is 23.9 Å². The highest BCUT2D eigenvalue weighted by molar-refractivity contribution is 6.13. The molecule has 0 bridgehead atoms. The maximum absolute atomic E-state index is 12.0. The lowest BCUT2D eigenvalue weighted by molar-refractivity contribution is -0.141. The van der Waals surface area contributed by atoms with Crippen LogP contribution in [0.1, 0.15) is 13.3 Å². The van der Waals surface area contributed by atoms with E-state index in [1.807, 2.05) is 0 Å². The summed E-state index contributed by atoms with van der Waals surface area (Å²) in [5.41, 5.74) is -0.993. The van der Waals surface area contributed by atoms with Crippen LogP contribution in [0.5, 0.6) is 0 Å². The number of rotatable bonds is 6. The molecule has 0 aliphatic rings. The molecule has 0 unspecified atom stereocenters.